The van der Waals surface area contributed by atoms with E-state index in [4.69, 9.17) is 4.74 Å². The molecule has 0 aliphatic heterocycles. The summed E-state index contributed by atoms with van der Waals surface area (Å²) in [5, 5.41) is 14.6. The number of carbonyl (C=O) groups excluding carboxylic acids is 3. The number of benzene rings is 1. The van der Waals surface area contributed by atoms with Crippen LogP contribution in [-0.4, -0.2) is 46.8 Å². The summed E-state index contributed by atoms with van der Waals surface area (Å²) in [4.78, 5) is 38.0. The predicted octanol–water partition coefficient (Wildman–Crippen LogP) is 1.98. The van der Waals surface area contributed by atoms with Crippen LogP contribution in [0.25, 0.3) is 0 Å². The van der Waals surface area contributed by atoms with Gasteiger partial charge in [0.25, 0.3) is 0 Å². The summed E-state index contributed by atoms with van der Waals surface area (Å²) in [5.41, 5.74) is -0.285. The SMILES string of the molecule is COC(=O)[C@H](Cc1ccc(O)cc1)NC(=O)C1(NC(=O)[C@@H](S)C(C)C)CCCC1. The fraction of sp³-hybridized carbons (Fsp3) is 0.571. The Balaban J connectivity index is 2.16. The number of phenolic OH excluding ortho intramolecular Hbond substituents is 1. The van der Waals surface area contributed by atoms with Gasteiger partial charge in [-0.05, 0) is 36.5 Å². The lowest BCUT2D eigenvalue weighted by Crippen LogP contribution is -2.61. The van der Waals surface area contributed by atoms with E-state index in [1.165, 1.54) is 19.2 Å². The molecule has 29 heavy (non-hydrogen) atoms. The first-order chi connectivity index (χ1) is 13.7. The molecule has 2 atom stereocenters. The van der Waals surface area contributed by atoms with Crippen LogP contribution in [-0.2, 0) is 25.5 Å². The fourth-order valence-electron chi connectivity index (χ4n) is 3.50. The summed E-state index contributed by atoms with van der Waals surface area (Å²) >= 11 is 4.35. The number of ether oxygens (including phenoxy) is 1. The number of esters is 1. The number of carbonyl (C=O) groups is 3. The minimum absolute atomic E-state index is 0.0251. The number of rotatable bonds is 8. The Morgan fingerprint density at radius 2 is 1.76 bits per heavy atom. The Kier molecular flexibility index (Phi) is 7.96. The quantitative estimate of drug-likeness (QED) is 0.379. The third-order valence-electron chi connectivity index (χ3n) is 5.32. The highest BCUT2D eigenvalue weighted by Gasteiger charge is 2.44. The van der Waals surface area contributed by atoms with Crippen LogP contribution in [0.4, 0.5) is 0 Å². The summed E-state index contributed by atoms with van der Waals surface area (Å²) < 4.78 is 4.85. The second-order valence-electron chi connectivity index (χ2n) is 7.89. The third kappa shape index (κ3) is 5.88. The highest BCUT2D eigenvalue weighted by Crippen LogP contribution is 2.31. The number of nitrogens with one attached hydrogen (secondary N) is 2. The van der Waals surface area contributed by atoms with E-state index in [2.05, 4.69) is 23.3 Å². The van der Waals surface area contributed by atoms with Gasteiger partial charge in [0.1, 0.15) is 17.3 Å². The van der Waals surface area contributed by atoms with Gasteiger partial charge in [-0.25, -0.2) is 4.79 Å². The van der Waals surface area contributed by atoms with E-state index in [9.17, 15) is 19.5 Å². The summed E-state index contributed by atoms with van der Waals surface area (Å²) in [7, 11) is 1.26. The average molecular weight is 423 g/mol. The van der Waals surface area contributed by atoms with Crippen LogP contribution in [0.1, 0.15) is 45.1 Å². The molecule has 0 saturated heterocycles. The molecule has 1 aliphatic carbocycles. The Morgan fingerprint density at radius 1 is 1.17 bits per heavy atom. The highest BCUT2D eigenvalue weighted by molar-refractivity contribution is 7.81. The van der Waals surface area contributed by atoms with Crippen molar-refractivity contribution in [3.05, 3.63) is 29.8 Å². The fourth-order valence-corrected chi connectivity index (χ4v) is 3.56. The van der Waals surface area contributed by atoms with Crippen molar-refractivity contribution in [2.24, 2.45) is 5.92 Å². The molecule has 0 aromatic heterocycles. The van der Waals surface area contributed by atoms with Crippen LogP contribution < -0.4 is 10.6 Å². The minimum atomic E-state index is -1.05. The molecule has 8 heteroatoms. The topological polar surface area (TPSA) is 105 Å². The standard InChI is InChI=1S/C21H30N2O5S/c1-13(2)17(29)18(25)23-21(10-4-5-11-21)20(27)22-16(19(26)28-3)12-14-6-8-15(24)9-7-14/h6-9,13,16-17,24,29H,4-5,10-12H2,1-3H3,(H,22,27)(H,23,25)/t16-,17-/m0/s1. The lowest BCUT2D eigenvalue weighted by atomic mass is 9.94. The van der Waals surface area contributed by atoms with Gasteiger partial charge in [0, 0.05) is 6.42 Å². The van der Waals surface area contributed by atoms with Gasteiger partial charge in [-0.15, -0.1) is 0 Å². The zero-order valence-electron chi connectivity index (χ0n) is 17.1. The maximum Gasteiger partial charge on any atom is 0.328 e. The molecule has 0 bridgehead atoms. The zero-order valence-corrected chi connectivity index (χ0v) is 18.0. The van der Waals surface area contributed by atoms with Crippen molar-refractivity contribution in [3.63, 3.8) is 0 Å². The van der Waals surface area contributed by atoms with E-state index in [1.807, 2.05) is 13.8 Å². The minimum Gasteiger partial charge on any atom is -0.508 e. The second-order valence-corrected chi connectivity index (χ2v) is 8.44. The van der Waals surface area contributed by atoms with Crippen molar-refractivity contribution >= 4 is 30.4 Å². The van der Waals surface area contributed by atoms with Gasteiger partial charge in [0.15, 0.2) is 0 Å². The number of amides is 2. The number of phenols is 1. The molecule has 7 nitrogen and oxygen atoms in total. The first-order valence-electron chi connectivity index (χ1n) is 9.85. The van der Waals surface area contributed by atoms with Gasteiger partial charge in [-0.2, -0.15) is 12.6 Å². The van der Waals surface area contributed by atoms with Gasteiger partial charge in [0.05, 0.1) is 12.4 Å². The molecule has 1 saturated carbocycles. The number of thiol groups is 1. The van der Waals surface area contributed by atoms with E-state index in [1.54, 1.807) is 12.1 Å². The van der Waals surface area contributed by atoms with Gasteiger partial charge in [-0.1, -0.05) is 38.8 Å². The van der Waals surface area contributed by atoms with Crippen molar-refractivity contribution in [2.75, 3.05) is 7.11 Å². The number of aromatic hydroxyl groups is 1. The molecule has 0 heterocycles. The first-order valence-corrected chi connectivity index (χ1v) is 10.4. The number of hydrogen-bond acceptors (Lipinski definition) is 6. The van der Waals surface area contributed by atoms with Gasteiger partial charge < -0.3 is 20.5 Å². The molecule has 1 fully saturated rings. The summed E-state index contributed by atoms with van der Waals surface area (Å²) in [6.45, 7) is 3.78. The Bertz CT molecular complexity index is 729. The van der Waals surface area contributed by atoms with E-state index >= 15 is 0 Å². The summed E-state index contributed by atoms with van der Waals surface area (Å²) in [6.07, 6.45) is 2.86. The molecule has 1 aromatic rings. The van der Waals surface area contributed by atoms with Crippen LogP contribution in [0.3, 0.4) is 0 Å². The lowest BCUT2D eigenvalue weighted by molar-refractivity contribution is -0.146. The molecule has 2 amide bonds. The molecule has 1 aromatic carbocycles. The Labute approximate surface area is 177 Å². The lowest BCUT2D eigenvalue weighted by Gasteiger charge is -2.32. The third-order valence-corrected chi connectivity index (χ3v) is 6.15. The van der Waals surface area contributed by atoms with Crippen molar-refractivity contribution in [3.8, 4) is 5.75 Å². The first kappa shape index (κ1) is 23.1. The molecule has 2 rings (SSSR count). The van der Waals surface area contributed by atoms with Crippen molar-refractivity contribution < 1.29 is 24.2 Å². The van der Waals surface area contributed by atoms with E-state index in [0.717, 1.165) is 18.4 Å². The molecule has 3 N–H and O–H groups in total. The maximum absolute atomic E-state index is 13.2. The molecular weight excluding hydrogens is 392 g/mol. The Hall–Kier alpha value is -2.22. The summed E-state index contributed by atoms with van der Waals surface area (Å²) in [5.74, 6) is -1.10. The highest BCUT2D eigenvalue weighted by atomic mass is 32.1. The molecule has 160 valence electrons. The largest absolute Gasteiger partial charge is 0.508 e. The van der Waals surface area contributed by atoms with Crippen LogP contribution in [0, 0.1) is 5.92 Å². The van der Waals surface area contributed by atoms with Crippen molar-refractivity contribution in [2.45, 2.75) is 62.8 Å². The van der Waals surface area contributed by atoms with Crippen LogP contribution >= 0.6 is 12.6 Å². The number of hydrogen-bond donors (Lipinski definition) is 4. The zero-order chi connectivity index (χ0) is 21.6. The normalized spacial score (nSPS) is 17.4. The molecule has 0 unspecified atom stereocenters. The Morgan fingerprint density at radius 3 is 2.28 bits per heavy atom. The monoisotopic (exact) mass is 422 g/mol. The van der Waals surface area contributed by atoms with Gasteiger partial charge in [0.2, 0.25) is 11.8 Å². The average Bonchev–Trinajstić information content (AvgIpc) is 3.17. The second kappa shape index (κ2) is 10.0. The molecule has 0 radical (unpaired) electrons. The van der Waals surface area contributed by atoms with Crippen LogP contribution in [0.15, 0.2) is 24.3 Å². The number of methoxy groups -OCH3 is 1. The van der Waals surface area contributed by atoms with E-state index < -0.39 is 22.8 Å². The van der Waals surface area contributed by atoms with E-state index in [0.29, 0.717) is 12.8 Å². The molecule has 0 spiro atoms. The van der Waals surface area contributed by atoms with Gasteiger partial charge >= 0.3 is 5.97 Å². The molecule has 1 aliphatic rings. The van der Waals surface area contributed by atoms with Crippen molar-refractivity contribution in [1.29, 1.82) is 0 Å². The molecular formula is C21H30N2O5S. The van der Waals surface area contributed by atoms with Gasteiger partial charge in [-0.3, -0.25) is 9.59 Å². The van der Waals surface area contributed by atoms with Crippen LogP contribution in [0.2, 0.25) is 0 Å². The van der Waals surface area contributed by atoms with Crippen LogP contribution in [0.5, 0.6) is 5.75 Å². The van der Waals surface area contributed by atoms with E-state index in [-0.39, 0.29) is 29.9 Å². The van der Waals surface area contributed by atoms with Crippen molar-refractivity contribution in [1.82, 2.24) is 10.6 Å². The smallest absolute Gasteiger partial charge is 0.328 e. The maximum atomic E-state index is 13.2. The summed E-state index contributed by atoms with van der Waals surface area (Å²) in [6, 6.07) is 5.49. The predicted molar refractivity (Wildman–Crippen MR) is 113 cm³/mol.